The predicted molar refractivity (Wildman–Crippen MR) is 118 cm³/mol. The van der Waals surface area contributed by atoms with Gasteiger partial charge in [-0.05, 0) is 32.1 Å². The van der Waals surface area contributed by atoms with Gasteiger partial charge in [0.25, 0.3) is 5.56 Å². The first kappa shape index (κ1) is 20.6. The molecule has 7 heteroatoms. The third-order valence-corrected chi connectivity index (χ3v) is 6.10. The molecule has 0 saturated carbocycles. The molecule has 0 aliphatic heterocycles. The number of fused-ring (bicyclic) bond motifs is 1. The largest absolute Gasteiger partial charge is 0.345 e. The molecule has 0 N–H and O–H groups in total. The van der Waals surface area contributed by atoms with Gasteiger partial charge in [-0.25, -0.2) is 4.79 Å². The van der Waals surface area contributed by atoms with Gasteiger partial charge in [0.2, 0.25) is 0 Å². The second-order valence-electron chi connectivity index (χ2n) is 7.00. The monoisotopic (exact) mass is 446 g/mol. The van der Waals surface area contributed by atoms with Gasteiger partial charge < -0.3 is 9.47 Å². The van der Waals surface area contributed by atoms with Crippen LogP contribution in [0.5, 0.6) is 0 Å². The summed E-state index contributed by atoms with van der Waals surface area (Å²) in [5.41, 5.74) is 1.92. The fraction of sp³-hybridized carbons (Fsp3) is 0.429. The number of aryl methyl sites for hydroxylation is 2. The Bertz CT molecular complexity index is 1110. The molecule has 0 saturated heterocycles. The highest BCUT2D eigenvalue weighted by molar-refractivity contribution is 9.10. The van der Waals surface area contributed by atoms with Gasteiger partial charge in [-0.2, -0.15) is 0 Å². The number of aromatic nitrogens is 3. The van der Waals surface area contributed by atoms with Crippen molar-refractivity contribution in [3.8, 4) is 11.3 Å². The summed E-state index contributed by atoms with van der Waals surface area (Å²) in [4.78, 5) is 27.8. The third-order valence-electron chi connectivity index (χ3n) is 5.41. The normalized spacial score (nSPS) is 11.6. The van der Waals surface area contributed by atoms with Crippen LogP contribution in [0.3, 0.4) is 0 Å². The molecule has 150 valence electrons. The van der Waals surface area contributed by atoms with Crippen LogP contribution in [-0.2, 0) is 20.6 Å². The molecule has 1 aromatic carbocycles. The lowest BCUT2D eigenvalue weighted by Crippen LogP contribution is -2.36. The zero-order chi connectivity index (χ0) is 20.4. The molecule has 0 amide bonds. The molecule has 0 bridgehead atoms. The summed E-state index contributed by atoms with van der Waals surface area (Å²) in [6.07, 6.45) is 2.91. The van der Waals surface area contributed by atoms with Crippen molar-refractivity contribution in [2.45, 2.75) is 26.8 Å². The van der Waals surface area contributed by atoms with E-state index in [4.69, 9.17) is 0 Å². The average Bonchev–Trinajstić information content (AvgIpc) is 3.08. The lowest BCUT2D eigenvalue weighted by molar-refractivity contribution is 0.293. The Hall–Kier alpha value is -2.12. The van der Waals surface area contributed by atoms with E-state index in [-0.39, 0.29) is 11.2 Å². The Morgan fingerprint density at radius 3 is 2.36 bits per heavy atom. The van der Waals surface area contributed by atoms with Gasteiger partial charge in [-0.1, -0.05) is 48.0 Å². The summed E-state index contributed by atoms with van der Waals surface area (Å²) in [6.45, 7) is 8.15. The zero-order valence-electron chi connectivity index (χ0n) is 16.9. The molecule has 0 fully saturated rings. The minimum absolute atomic E-state index is 0.258. The highest BCUT2D eigenvalue weighted by atomic mass is 79.9. The van der Waals surface area contributed by atoms with Crippen molar-refractivity contribution in [1.82, 2.24) is 18.6 Å². The molecule has 2 aromatic heterocycles. The van der Waals surface area contributed by atoms with Crippen LogP contribution < -0.4 is 11.2 Å². The van der Waals surface area contributed by atoms with Crippen molar-refractivity contribution in [3.05, 3.63) is 55.8 Å². The van der Waals surface area contributed by atoms with Crippen LogP contribution in [0.25, 0.3) is 22.2 Å². The molecule has 0 aliphatic rings. The van der Waals surface area contributed by atoms with E-state index < -0.39 is 0 Å². The Labute approximate surface area is 173 Å². The first-order valence-corrected chi connectivity index (χ1v) is 10.5. The second kappa shape index (κ2) is 8.49. The minimum atomic E-state index is -0.309. The van der Waals surface area contributed by atoms with Crippen LogP contribution in [0, 0.1) is 0 Å². The standard InChI is InChI=1S/C21H27BrN4O2/c1-5-25(6-2)12-9-13-26-14-17-18(20(27)24(4)21(28)23(17)3)19(26)15-10-7-8-11-16(15)22/h7-8,10-11,14H,5-6,9,12-13H2,1-4H3. The molecule has 3 aromatic rings. The average molecular weight is 447 g/mol. The molecule has 0 radical (unpaired) electrons. The van der Waals surface area contributed by atoms with E-state index in [9.17, 15) is 9.59 Å². The molecule has 0 atom stereocenters. The van der Waals surface area contributed by atoms with Crippen molar-refractivity contribution < 1.29 is 0 Å². The fourth-order valence-electron chi connectivity index (χ4n) is 3.71. The van der Waals surface area contributed by atoms with Crippen molar-refractivity contribution in [2.24, 2.45) is 14.1 Å². The number of benzene rings is 1. The van der Waals surface area contributed by atoms with Gasteiger partial charge in [-0.15, -0.1) is 0 Å². The van der Waals surface area contributed by atoms with Gasteiger partial charge in [0.15, 0.2) is 0 Å². The molecule has 6 nitrogen and oxygen atoms in total. The number of rotatable bonds is 7. The van der Waals surface area contributed by atoms with Gasteiger partial charge in [0, 0.05) is 36.9 Å². The van der Waals surface area contributed by atoms with Crippen molar-refractivity contribution in [3.63, 3.8) is 0 Å². The Balaban J connectivity index is 2.20. The summed E-state index contributed by atoms with van der Waals surface area (Å²) in [5.74, 6) is 0. The number of hydrogen-bond donors (Lipinski definition) is 0. The molecule has 3 rings (SSSR count). The smallest absolute Gasteiger partial charge is 0.330 e. The Morgan fingerprint density at radius 1 is 1.04 bits per heavy atom. The molecular weight excluding hydrogens is 420 g/mol. The minimum Gasteiger partial charge on any atom is -0.345 e. The summed E-state index contributed by atoms with van der Waals surface area (Å²) >= 11 is 3.63. The van der Waals surface area contributed by atoms with Crippen LogP contribution in [-0.4, -0.2) is 38.2 Å². The van der Waals surface area contributed by atoms with Crippen LogP contribution >= 0.6 is 15.9 Å². The lowest BCUT2D eigenvalue weighted by atomic mass is 10.1. The highest BCUT2D eigenvalue weighted by Crippen LogP contribution is 2.33. The van der Waals surface area contributed by atoms with E-state index in [1.54, 1.807) is 11.6 Å². The zero-order valence-corrected chi connectivity index (χ0v) is 18.5. The molecule has 2 heterocycles. The number of nitrogens with zero attached hydrogens (tertiary/aromatic N) is 4. The third kappa shape index (κ3) is 3.61. The van der Waals surface area contributed by atoms with Crippen molar-refractivity contribution in [1.29, 1.82) is 0 Å². The maximum atomic E-state index is 13.0. The quantitative estimate of drug-likeness (QED) is 0.559. The Morgan fingerprint density at radius 2 is 1.71 bits per heavy atom. The van der Waals surface area contributed by atoms with Crippen LogP contribution in [0.1, 0.15) is 20.3 Å². The molecular formula is C21H27BrN4O2. The van der Waals surface area contributed by atoms with Gasteiger partial charge in [0.1, 0.15) is 0 Å². The van der Waals surface area contributed by atoms with Crippen LogP contribution in [0.15, 0.2) is 44.5 Å². The first-order valence-electron chi connectivity index (χ1n) is 9.66. The van der Waals surface area contributed by atoms with Gasteiger partial charge in [0.05, 0.1) is 16.6 Å². The molecule has 0 unspecified atom stereocenters. The van der Waals surface area contributed by atoms with Crippen LogP contribution in [0.4, 0.5) is 0 Å². The topological polar surface area (TPSA) is 52.2 Å². The SMILES string of the molecule is CCN(CC)CCCn1cc2c(c1-c1ccccc1Br)c(=O)n(C)c(=O)n2C. The summed E-state index contributed by atoms with van der Waals surface area (Å²) < 4.78 is 5.78. The fourth-order valence-corrected chi connectivity index (χ4v) is 4.19. The molecule has 28 heavy (non-hydrogen) atoms. The summed E-state index contributed by atoms with van der Waals surface area (Å²) in [7, 11) is 3.25. The first-order chi connectivity index (χ1) is 13.4. The maximum absolute atomic E-state index is 13.0. The molecule has 0 spiro atoms. The van der Waals surface area contributed by atoms with Gasteiger partial charge >= 0.3 is 5.69 Å². The summed E-state index contributed by atoms with van der Waals surface area (Å²) in [5, 5.41) is 0.583. The highest BCUT2D eigenvalue weighted by Gasteiger charge is 2.20. The Kier molecular flexibility index (Phi) is 6.25. The maximum Gasteiger partial charge on any atom is 0.330 e. The number of halogens is 1. The predicted octanol–water partition coefficient (Wildman–Crippen LogP) is 3.20. The number of hydrogen-bond acceptors (Lipinski definition) is 3. The van der Waals surface area contributed by atoms with E-state index in [2.05, 4.69) is 39.2 Å². The van der Waals surface area contributed by atoms with E-state index >= 15 is 0 Å². The van der Waals surface area contributed by atoms with E-state index in [0.29, 0.717) is 10.9 Å². The van der Waals surface area contributed by atoms with E-state index in [0.717, 1.165) is 48.3 Å². The van der Waals surface area contributed by atoms with Gasteiger partial charge in [-0.3, -0.25) is 13.9 Å². The van der Waals surface area contributed by atoms with Crippen LogP contribution in [0.2, 0.25) is 0 Å². The van der Waals surface area contributed by atoms with E-state index in [1.807, 2.05) is 30.5 Å². The second-order valence-corrected chi connectivity index (χ2v) is 7.85. The van der Waals surface area contributed by atoms with Crippen molar-refractivity contribution in [2.75, 3.05) is 19.6 Å². The van der Waals surface area contributed by atoms with E-state index in [1.165, 1.54) is 11.6 Å². The van der Waals surface area contributed by atoms with Crippen molar-refractivity contribution >= 4 is 26.8 Å². The lowest BCUT2D eigenvalue weighted by Gasteiger charge is -2.18. The summed E-state index contributed by atoms with van der Waals surface area (Å²) in [6, 6.07) is 7.90. The molecule has 0 aliphatic carbocycles.